The number of carbonyl (C=O) groups is 1. The van der Waals surface area contributed by atoms with Crippen molar-refractivity contribution in [1.29, 1.82) is 0 Å². The van der Waals surface area contributed by atoms with Crippen LogP contribution >= 0.6 is 11.3 Å². The Balaban J connectivity index is 1.33. The fourth-order valence-corrected chi connectivity index (χ4v) is 7.06. The van der Waals surface area contributed by atoms with Crippen LogP contribution < -0.4 is 16.0 Å². The smallest absolute Gasteiger partial charge is 0.239 e. The molecule has 1 amide bonds. The van der Waals surface area contributed by atoms with Crippen molar-refractivity contribution in [2.24, 2.45) is 0 Å². The van der Waals surface area contributed by atoms with Gasteiger partial charge < -0.3 is 10.6 Å². The maximum Gasteiger partial charge on any atom is 0.239 e. The fraction of sp³-hybridized carbons (Fsp3) is 0.412. The third-order valence-electron chi connectivity index (χ3n) is 7.44. The molecule has 0 radical (unpaired) electrons. The lowest BCUT2D eigenvalue weighted by atomic mass is 10.1. The lowest BCUT2D eigenvalue weighted by Gasteiger charge is -2.19. The normalized spacial score (nSPS) is 12.1. The van der Waals surface area contributed by atoms with Gasteiger partial charge in [-0.2, -0.15) is 0 Å². The van der Waals surface area contributed by atoms with E-state index in [9.17, 15) is 13.2 Å². The van der Waals surface area contributed by atoms with Crippen molar-refractivity contribution < 1.29 is 13.2 Å². The van der Waals surface area contributed by atoms with Gasteiger partial charge >= 0.3 is 0 Å². The van der Waals surface area contributed by atoms with Crippen molar-refractivity contribution in [3.8, 4) is 10.6 Å². The van der Waals surface area contributed by atoms with Crippen LogP contribution in [0.15, 0.2) is 83.5 Å². The quantitative estimate of drug-likeness (QED) is 0.0882. The molecule has 9 nitrogen and oxygen atoms in total. The van der Waals surface area contributed by atoms with Crippen LogP contribution in [0.5, 0.6) is 0 Å². The number of unbranched alkanes of at least 4 members (excludes halogenated alkanes) is 8. The number of sulfone groups is 1. The minimum absolute atomic E-state index is 0.0438. The first-order chi connectivity index (χ1) is 22.0. The molecule has 3 heterocycles. The predicted molar refractivity (Wildman–Crippen MR) is 182 cm³/mol. The van der Waals surface area contributed by atoms with Crippen molar-refractivity contribution in [3.05, 3.63) is 89.7 Å². The minimum atomic E-state index is -3.94. The summed E-state index contributed by atoms with van der Waals surface area (Å²) in [7, 11) is -3.94. The number of rotatable bonds is 20. The predicted octanol–water partition coefficient (Wildman–Crippen LogP) is 6.92. The average molecular weight is 649 g/mol. The number of carbonyl (C=O) groups excluding carboxylic acids is 1. The standard InChI is InChI=1S/C34H44N6O3S2/c1-2-3-4-5-6-7-8-9-11-21-35-31(41)26-38-30-15-13-14-29(40-30)34(45(42,43)32-16-10-12-22-36-32)39-25-27-17-19-28(20-18-27)33-37-23-24-44-33/h10,12-20,22-24,34,39H,2-9,11,21,25-26H2,1H3,(H,35,41)(H,38,40). The van der Waals surface area contributed by atoms with Gasteiger partial charge in [0.1, 0.15) is 10.8 Å². The first-order valence-corrected chi connectivity index (χ1v) is 18.2. The molecule has 1 unspecified atom stereocenters. The molecule has 240 valence electrons. The molecule has 3 N–H and O–H groups in total. The Bertz CT molecular complexity index is 1530. The van der Waals surface area contributed by atoms with Gasteiger partial charge in [-0.3, -0.25) is 10.1 Å². The third-order valence-corrected chi connectivity index (χ3v) is 10.1. The summed E-state index contributed by atoms with van der Waals surface area (Å²) in [5.41, 5.74) is 2.22. The molecule has 0 bridgehead atoms. The van der Waals surface area contributed by atoms with Crippen LogP contribution in [0.3, 0.4) is 0 Å². The van der Waals surface area contributed by atoms with Crippen LogP contribution in [0.25, 0.3) is 10.6 Å². The molecule has 4 rings (SSSR count). The zero-order chi connectivity index (χ0) is 31.7. The molecule has 1 aromatic carbocycles. The number of pyridine rings is 2. The SMILES string of the molecule is CCCCCCCCCCCNC(=O)CNc1cccc(C(NCc2ccc(-c3nccs3)cc2)S(=O)(=O)c2ccccn2)n1. The summed E-state index contributed by atoms with van der Waals surface area (Å²) in [5.74, 6) is 0.292. The van der Waals surface area contributed by atoms with E-state index >= 15 is 0 Å². The van der Waals surface area contributed by atoms with Gasteiger partial charge in [0, 0.05) is 36.4 Å². The number of thiazole rings is 1. The lowest BCUT2D eigenvalue weighted by Crippen LogP contribution is -2.31. The van der Waals surface area contributed by atoms with E-state index < -0.39 is 15.2 Å². The molecule has 0 aliphatic heterocycles. The number of nitrogens with one attached hydrogen (secondary N) is 3. The molecule has 1 atom stereocenters. The Morgan fingerprint density at radius 1 is 0.844 bits per heavy atom. The van der Waals surface area contributed by atoms with E-state index in [0.29, 0.717) is 18.1 Å². The van der Waals surface area contributed by atoms with Crippen molar-refractivity contribution in [2.75, 3.05) is 18.4 Å². The first kappa shape index (κ1) is 34.2. The van der Waals surface area contributed by atoms with Gasteiger partial charge in [-0.25, -0.2) is 23.4 Å². The maximum absolute atomic E-state index is 13.8. The van der Waals surface area contributed by atoms with Crippen molar-refractivity contribution in [3.63, 3.8) is 0 Å². The summed E-state index contributed by atoms with van der Waals surface area (Å²) in [6.45, 7) is 3.21. The number of amides is 1. The Morgan fingerprint density at radius 3 is 2.29 bits per heavy atom. The first-order valence-electron chi connectivity index (χ1n) is 15.8. The summed E-state index contributed by atoms with van der Waals surface area (Å²) >= 11 is 1.56. The van der Waals surface area contributed by atoms with Gasteiger partial charge in [-0.1, -0.05) is 94.7 Å². The monoisotopic (exact) mass is 648 g/mol. The molecule has 45 heavy (non-hydrogen) atoms. The molecular formula is C34H44N6O3S2. The number of anilines is 1. The minimum Gasteiger partial charge on any atom is -0.361 e. The van der Waals surface area contributed by atoms with Gasteiger partial charge in [0.25, 0.3) is 0 Å². The molecule has 0 saturated carbocycles. The van der Waals surface area contributed by atoms with Crippen molar-refractivity contribution in [2.45, 2.75) is 81.7 Å². The second-order valence-electron chi connectivity index (χ2n) is 11.0. The number of hydrogen-bond donors (Lipinski definition) is 3. The van der Waals surface area contributed by atoms with Crippen molar-refractivity contribution in [1.82, 2.24) is 25.6 Å². The van der Waals surface area contributed by atoms with Crippen LogP contribution in [0, 0.1) is 0 Å². The summed E-state index contributed by atoms with van der Waals surface area (Å²) in [6.07, 6.45) is 14.3. The van der Waals surface area contributed by atoms with E-state index in [2.05, 4.69) is 37.8 Å². The molecule has 11 heteroatoms. The summed E-state index contributed by atoms with van der Waals surface area (Å²) in [4.78, 5) is 25.5. The van der Waals surface area contributed by atoms with Crippen LogP contribution in [0.1, 0.15) is 81.3 Å². The fourth-order valence-electron chi connectivity index (χ4n) is 4.94. The molecule has 0 aliphatic rings. The Hall–Kier alpha value is -3.67. The average Bonchev–Trinajstić information content (AvgIpc) is 3.61. The van der Waals surface area contributed by atoms with Gasteiger partial charge in [0.05, 0.1) is 12.2 Å². The highest BCUT2D eigenvalue weighted by atomic mass is 32.2. The summed E-state index contributed by atoms with van der Waals surface area (Å²) in [6, 6.07) is 17.8. The highest BCUT2D eigenvalue weighted by Gasteiger charge is 2.31. The summed E-state index contributed by atoms with van der Waals surface area (Å²) in [5, 5.41) is 10.8. The van der Waals surface area contributed by atoms with Gasteiger partial charge in [-0.05, 0) is 36.2 Å². The maximum atomic E-state index is 13.8. The van der Waals surface area contributed by atoms with Gasteiger partial charge in [-0.15, -0.1) is 11.3 Å². The zero-order valence-electron chi connectivity index (χ0n) is 26.0. The van der Waals surface area contributed by atoms with E-state index in [1.807, 2.05) is 29.6 Å². The molecule has 0 fully saturated rings. The Labute approximate surface area is 271 Å². The van der Waals surface area contributed by atoms with Crippen LogP contribution in [0.4, 0.5) is 5.82 Å². The molecule has 0 aliphatic carbocycles. The second kappa shape index (κ2) is 18.3. The van der Waals surface area contributed by atoms with E-state index in [-0.39, 0.29) is 24.0 Å². The number of hydrogen-bond acceptors (Lipinski definition) is 9. The Morgan fingerprint density at radius 2 is 1.60 bits per heavy atom. The molecule has 3 aromatic heterocycles. The van der Waals surface area contributed by atoms with Crippen LogP contribution in [-0.4, -0.2) is 42.4 Å². The van der Waals surface area contributed by atoms with Crippen LogP contribution in [-0.2, 0) is 21.2 Å². The third kappa shape index (κ3) is 11.0. The van der Waals surface area contributed by atoms with Gasteiger partial charge in [0.15, 0.2) is 10.4 Å². The number of aromatic nitrogens is 3. The second-order valence-corrected chi connectivity index (χ2v) is 13.9. The topological polar surface area (TPSA) is 126 Å². The molecule has 0 saturated heterocycles. The van der Waals surface area contributed by atoms with E-state index in [0.717, 1.165) is 29.0 Å². The van der Waals surface area contributed by atoms with E-state index in [1.165, 1.54) is 57.2 Å². The van der Waals surface area contributed by atoms with Gasteiger partial charge in [0.2, 0.25) is 15.7 Å². The Kier molecular flexibility index (Phi) is 13.9. The number of benzene rings is 1. The molecule has 0 spiro atoms. The summed E-state index contributed by atoms with van der Waals surface area (Å²) < 4.78 is 27.5. The zero-order valence-corrected chi connectivity index (χ0v) is 27.6. The van der Waals surface area contributed by atoms with Crippen molar-refractivity contribution >= 4 is 32.9 Å². The number of nitrogens with zero attached hydrogens (tertiary/aromatic N) is 3. The highest BCUT2D eigenvalue weighted by Crippen LogP contribution is 2.27. The highest BCUT2D eigenvalue weighted by molar-refractivity contribution is 7.91. The largest absolute Gasteiger partial charge is 0.361 e. The molecule has 4 aromatic rings. The van der Waals surface area contributed by atoms with Crippen LogP contribution in [0.2, 0.25) is 0 Å². The van der Waals surface area contributed by atoms with E-state index in [4.69, 9.17) is 0 Å². The molecular weight excluding hydrogens is 605 g/mol. The lowest BCUT2D eigenvalue weighted by molar-refractivity contribution is -0.119. The van der Waals surface area contributed by atoms with E-state index in [1.54, 1.807) is 47.9 Å².